The summed E-state index contributed by atoms with van der Waals surface area (Å²) >= 11 is 0. The minimum absolute atomic E-state index is 0.0132. The van der Waals surface area contributed by atoms with Gasteiger partial charge in [-0.05, 0) is 62.3 Å². The molecule has 0 radical (unpaired) electrons. The van der Waals surface area contributed by atoms with Crippen molar-refractivity contribution in [3.8, 4) is 16.8 Å². The molecular formula is C30H32FN3O4. The van der Waals surface area contributed by atoms with E-state index >= 15 is 4.39 Å². The van der Waals surface area contributed by atoms with Crippen LogP contribution in [0.3, 0.4) is 0 Å². The molecule has 2 aromatic carbocycles. The number of halogens is 1. The molecule has 198 valence electrons. The molecule has 1 spiro atoms. The number of ether oxygens (including phenoxy) is 2. The first-order valence-corrected chi connectivity index (χ1v) is 13.4. The highest BCUT2D eigenvalue weighted by Crippen LogP contribution is 2.43. The number of hydrogen-bond donors (Lipinski definition) is 0. The van der Waals surface area contributed by atoms with E-state index < -0.39 is 11.8 Å². The Labute approximate surface area is 221 Å². The summed E-state index contributed by atoms with van der Waals surface area (Å²) in [7, 11) is 1.36. The number of piperidine rings is 1. The Morgan fingerprint density at radius 2 is 1.92 bits per heavy atom. The van der Waals surface area contributed by atoms with Crippen LogP contribution in [0.1, 0.15) is 70.9 Å². The van der Waals surface area contributed by atoms with Crippen molar-refractivity contribution in [2.24, 2.45) is 5.41 Å². The Morgan fingerprint density at radius 3 is 2.68 bits per heavy atom. The molecule has 3 aromatic rings. The van der Waals surface area contributed by atoms with E-state index in [4.69, 9.17) is 9.47 Å². The van der Waals surface area contributed by atoms with Crippen molar-refractivity contribution in [2.45, 2.75) is 44.4 Å². The predicted octanol–water partition coefficient (Wildman–Crippen LogP) is 5.38. The maximum atomic E-state index is 15.9. The van der Waals surface area contributed by atoms with Crippen molar-refractivity contribution in [1.29, 1.82) is 0 Å². The third kappa shape index (κ3) is 4.51. The van der Waals surface area contributed by atoms with Crippen LogP contribution < -0.4 is 0 Å². The van der Waals surface area contributed by atoms with Gasteiger partial charge in [0, 0.05) is 36.6 Å². The standard InChI is InChI=1S/C30H32FN3O4/c1-37-29(36)25-17-32-34(27(25)20-10-11-20)22-7-2-6-21(16-22)23-8-3-9-24(26(23)31)28(35)33-14-4-12-30(18-33)13-5-15-38-19-30/h2-3,6-9,16-17,20H,4-5,10-15,18-19H2,1H3. The fourth-order valence-corrected chi connectivity index (χ4v) is 6.09. The van der Waals surface area contributed by atoms with Crippen LogP contribution in [0.2, 0.25) is 0 Å². The topological polar surface area (TPSA) is 73.7 Å². The van der Waals surface area contributed by atoms with Gasteiger partial charge in [-0.15, -0.1) is 0 Å². The predicted molar refractivity (Wildman–Crippen MR) is 140 cm³/mol. The lowest BCUT2D eigenvalue weighted by atomic mass is 9.75. The van der Waals surface area contributed by atoms with E-state index in [9.17, 15) is 9.59 Å². The van der Waals surface area contributed by atoms with Gasteiger partial charge in [-0.25, -0.2) is 13.9 Å². The highest BCUT2D eigenvalue weighted by molar-refractivity contribution is 5.96. The Morgan fingerprint density at radius 1 is 1.11 bits per heavy atom. The van der Waals surface area contributed by atoms with Gasteiger partial charge in [-0.3, -0.25) is 4.79 Å². The zero-order valence-corrected chi connectivity index (χ0v) is 21.6. The third-order valence-corrected chi connectivity index (χ3v) is 8.16. The molecule has 7 nitrogen and oxygen atoms in total. The molecule has 1 aliphatic carbocycles. The second-order valence-corrected chi connectivity index (χ2v) is 10.8. The average Bonchev–Trinajstić information content (AvgIpc) is 3.70. The zero-order valence-electron chi connectivity index (χ0n) is 21.6. The molecule has 3 fully saturated rings. The lowest BCUT2D eigenvalue weighted by Crippen LogP contribution is -2.49. The van der Waals surface area contributed by atoms with Crippen LogP contribution >= 0.6 is 0 Å². The number of rotatable bonds is 5. The number of amides is 1. The van der Waals surface area contributed by atoms with Crippen molar-refractivity contribution in [2.75, 3.05) is 33.4 Å². The van der Waals surface area contributed by atoms with Crippen LogP contribution in [0.15, 0.2) is 48.7 Å². The molecule has 6 rings (SSSR count). The molecular weight excluding hydrogens is 485 g/mol. The van der Waals surface area contributed by atoms with Gasteiger partial charge >= 0.3 is 5.97 Å². The largest absolute Gasteiger partial charge is 0.465 e. The Hall–Kier alpha value is -3.52. The number of esters is 1. The monoisotopic (exact) mass is 517 g/mol. The number of carbonyl (C=O) groups is 2. The van der Waals surface area contributed by atoms with Gasteiger partial charge in [0.2, 0.25) is 0 Å². The highest BCUT2D eigenvalue weighted by atomic mass is 19.1. The van der Waals surface area contributed by atoms with E-state index in [0.29, 0.717) is 36.4 Å². The molecule has 3 aliphatic rings. The van der Waals surface area contributed by atoms with Gasteiger partial charge in [0.05, 0.1) is 36.9 Å². The van der Waals surface area contributed by atoms with E-state index in [0.717, 1.165) is 56.5 Å². The average molecular weight is 518 g/mol. The summed E-state index contributed by atoms with van der Waals surface area (Å²) in [6.07, 6.45) is 7.49. The zero-order chi connectivity index (χ0) is 26.3. The van der Waals surface area contributed by atoms with E-state index in [1.54, 1.807) is 27.8 Å². The smallest absolute Gasteiger partial charge is 0.341 e. The van der Waals surface area contributed by atoms with Crippen LogP contribution in [0, 0.1) is 11.2 Å². The number of aromatic nitrogens is 2. The van der Waals surface area contributed by atoms with Crippen LogP contribution in [0.4, 0.5) is 4.39 Å². The van der Waals surface area contributed by atoms with Gasteiger partial charge in [-0.2, -0.15) is 5.10 Å². The summed E-state index contributed by atoms with van der Waals surface area (Å²) in [6.45, 7) is 2.68. The van der Waals surface area contributed by atoms with Gasteiger partial charge < -0.3 is 14.4 Å². The summed E-state index contributed by atoms with van der Waals surface area (Å²) in [5.74, 6) is -0.954. The molecule has 2 saturated heterocycles. The normalized spacial score (nSPS) is 21.5. The molecule has 0 bridgehead atoms. The fraction of sp³-hybridized carbons (Fsp3) is 0.433. The molecule has 1 amide bonds. The minimum atomic E-state index is -0.521. The number of methoxy groups -OCH3 is 1. The number of carbonyl (C=O) groups excluding carboxylic acids is 2. The van der Waals surface area contributed by atoms with Gasteiger partial charge in [0.25, 0.3) is 5.91 Å². The Bertz CT molecular complexity index is 1370. The second kappa shape index (κ2) is 9.98. The first-order valence-electron chi connectivity index (χ1n) is 13.4. The Kier molecular flexibility index (Phi) is 6.51. The molecule has 3 heterocycles. The maximum absolute atomic E-state index is 15.9. The molecule has 0 N–H and O–H groups in total. The van der Waals surface area contributed by atoms with Crippen molar-refractivity contribution >= 4 is 11.9 Å². The molecule has 1 atom stereocenters. The van der Waals surface area contributed by atoms with E-state index in [1.165, 1.54) is 13.3 Å². The SMILES string of the molecule is COC(=O)c1cnn(-c2cccc(-c3cccc(C(=O)N4CCCC5(CCCOC5)C4)c3F)c2)c1C1CC1. The quantitative estimate of drug-likeness (QED) is 0.425. The lowest BCUT2D eigenvalue weighted by molar-refractivity contribution is -0.0435. The minimum Gasteiger partial charge on any atom is -0.465 e. The maximum Gasteiger partial charge on any atom is 0.341 e. The summed E-state index contributed by atoms with van der Waals surface area (Å²) in [5.41, 5.74) is 3.09. The Balaban J connectivity index is 1.31. The summed E-state index contributed by atoms with van der Waals surface area (Å²) in [5, 5.41) is 4.47. The van der Waals surface area contributed by atoms with E-state index in [1.807, 2.05) is 24.3 Å². The third-order valence-electron chi connectivity index (χ3n) is 8.16. The van der Waals surface area contributed by atoms with Crippen molar-refractivity contribution in [1.82, 2.24) is 14.7 Å². The van der Waals surface area contributed by atoms with Crippen LogP contribution in [0.5, 0.6) is 0 Å². The number of nitrogens with zero attached hydrogens (tertiary/aromatic N) is 3. The van der Waals surface area contributed by atoms with Crippen LogP contribution in [0.25, 0.3) is 16.8 Å². The molecule has 38 heavy (non-hydrogen) atoms. The van der Waals surface area contributed by atoms with E-state index in [2.05, 4.69) is 5.10 Å². The van der Waals surface area contributed by atoms with Crippen LogP contribution in [-0.4, -0.2) is 60.0 Å². The summed E-state index contributed by atoms with van der Waals surface area (Å²) in [6, 6.07) is 12.4. The first-order chi connectivity index (χ1) is 18.5. The van der Waals surface area contributed by atoms with E-state index in [-0.39, 0.29) is 22.8 Å². The first kappa shape index (κ1) is 24.8. The van der Waals surface area contributed by atoms with Gasteiger partial charge in [0.15, 0.2) is 0 Å². The molecule has 1 unspecified atom stereocenters. The molecule has 2 aliphatic heterocycles. The fourth-order valence-electron chi connectivity index (χ4n) is 6.09. The number of hydrogen-bond acceptors (Lipinski definition) is 5. The lowest BCUT2D eigenvalue weighted by Gasteiger charge is -2.44. The van der Waals surface area contributed by atoms with Gasteiger partial charge in [-0.1, -0.05) is 24.3 Å². The summed E-state index contributed by atoms with van der Waals surface area (Å²) < 4.78 is 28.4. The van der Waals surface area contributed by atoms with Gasteiger partial charge in [0.1, 0.15) is 11.4 Å². The number of likely N-dealkylation sites (tertiary alicyclic amines) is 1. The van der Waals surface area contributed by atoms with Crippen molar-refractivity contribution in [3.05, 3.63) is 71.3 Å². The second-order valence-electron chi connectivity index (χ2n) is 10.8. The molecule has 1 aromatic heterocycles. The van der Waals surface area contributed by atoms with Crippen molar-refractivity contribution in [3.63, 3.8) is 0 Å². The van der Waals surface area contributed by atoms with Crippen LogP contribution in [-0.2, 0) is 9.47 Å². The molecule has 8 heteroatoms. The number of benzene rings is 2. The molecule has 1 saturated carbocycles. The highest BCUT2D eigenvalue weighted by Gasteiger charge is 2.39. The van der Waals surface area contributed by atoms with Crippen molar-refractivity contribution < 1.29 is 23.5 Å². The summed E-state index contributed by atoms with van der Waals surface area (Å²) in [4.78, 5) is 27.6.